The highest BCUT2D eigenvalue weighted by molar-refractivity contribution is 6.10. The molecule has 0 atom stereocenters. The van der Waals surface area contributed by atoms with Gasteiger partial charge in [-0.15, -0.1) is 0 Å². The number of methoxy groups -OCH3 is 1. The van der Waals surface area contributed by atoms with Crippen molar-refractivity contribution in [2.24, 2.45) is 0 Å². The van der Waals surface area contributed by atoms with Gasteiger partial charge in [-0.3, -0.25) is 19.4 Å². The van der Waals surface area contributed by atoms with Crippen molar-refractivity contribution in [1.29, 1.82) is 0 Å². The van der Waals surface area contributed by atoms with Crippen molar-refractivity contribution in [3.8, 4) is 5.75 Å². The smallest absolute Gasteiger partial charge is 0.244 e. The molecular formula is C24H17F2N3O4. The molecule has 0 spiro atoms. The monoisotopic (exact) mass is 449 g/mol. The molecule has 166 valence electrons. The Labute approximate surface area is 186 Å². The third kappa shape index (κ3) is 4.47. The lowest BCUT2D eigenvalue weighted by atomic mass is 10.0. The molecule has 0 aliphatic heterocycles. The van der Waals surface area contributed by atoms with Gasteiger partial charge in [0.05, 0.1) is 29.3 Å². The molecule has 0 aliphatic rings. The van der Waals surface area contributed by atoms with Crippen LogP contribution in [0.2, 0.25) is 0 Å². The van der Waals surface area contributed by atoms with Crippen molar-refractivity contribution in [1.82, 2.24) is 9.55 Å². The maximum atomic E-state index is 13.9. The molecule has 33 heavy (non-hydrogen) atoms. The Morgan fingerprint density at radius 3 is 2.52 bits per heavy atom. The zero-order chi connectivity index (χ0) is 23.5. The minimum Gasteiger partial charge on any atom is -0.497 e. The van der Waals surface area contributed by atoms with E-state index in [9.17, 15) is 23.2 Å². The molecule has 2 aromatic carbocycles. The van der Waals surface area contributed by atoms with E-state index in [0.717, 1.165) is 12.1 Å². The van der Waals surface area contributed by atoms with Gasteiger partial charge >= 0.3 is 0 Å². The molecule has 0 saturated carbocycles. The van der Waals surface area contributed by atoms with Gasteiger partial charge in [0.25, 0.3) is 0 Å². The Hall–Kier alpha value is -4.40. The summed E-state index contributed by atoms with van der Waals surface area (Å²) in [5.41, 5.74) is -0.230. The number of carbonyl (C=O) groups excluding carboxylic acids is 2. The summed E-state index contributed by atoms with van der Waals surface area (Å²) in [4.78, 5) is 42.6. The van der Waals surface area contributed by atoms with Crippen molar-refractivity contribution in [3.05, 3.63) is 100 Å². The molecule has 1 amide bonds. The van der Waals surface area contributed by atoms with Gasteiger partial charge in [0.2, 0.25) is 11.3 Å². The summed E-state index contributed by atoms with van der Waals surface area (Å²) in [6.07, 6.45) is 4.15. The number of ether oxygens (including phenoxy) is 1. The minimum absolute atomic E-state index is 0.150. The molecule has 0 radical (unpaired) electrons. The van der Waals surface area contributed by atoms with Crippen molar-refractivity contribution in [2.45, 2.75) is 6.54 Å². The average Bonchev–Trinajstić information content (AvgIpc) is 2.82. The van der Waals surface area contributed by atoms with Gasteiger partial charge in [0, 0.05) is 30.2 Å². The Bertz CT molecular complexity index is 1440. The number of pyridine rings is 2. The summed E-state index contributed by atoms with van der Waals surface area (Å²) in [7, 11) is 1.44. The van der Waals surface area contributed by atoms with Crippen LogP contribution >= 0.6 is 0 Å². The first-order chi connectivity index (χ1) is 15.9. The second-order valence-electron chi connectivity index (χ2n) is 7.12. The van der Waals surface area contributed by atoms with Crippen LogP contribution in [0, 0.1) is 11.6 Å². The summed E-state index contributed by atoms with van der Waals surface area (Å²) >= 11 is 0. The van der Waals surface area contributed by atoms with E-state index in [-0.39, 0.29) is 28.7 Å². The van der Waals surface area contributed by atoms with Gasteiger partial charge < -0.3 is 14.6 Å². The highest BCUT2D eigenvalue weighted by Crippen LogP contribution is 2.21. The lowest BCUT2D eigenvalue weighted by Gasteiger charge is -2.14. The second-order valence-corrected chi connectivity index (χ2v) is 7.12. The lowest BCUT2D eigenvalue weighted by Crippen LogP contribution is -2.24. The summed E-state index contributed by atoms with van der Waals surface area (Å²) in [5, 5.41) is 2.55. The van der Waals surface area contributed by atoms with Crippen molar-refractivity contribution >= 4 is 28.3 Å². The summed E-state index contributed by atoms with van der Waals surface area (Å²) in [6.45, 7) is -0.337. The summed E-state index contributed by atoms with van der Waals surface area (Å²) < 4.78 is 33.7. The molecule has 0 saturated heterocycles. The predicted molar refractivity (Wildman–Crippen MR) is 117 cm³/mol. The molecule has 0 aliphatic carbocycles. The summed E-state index contributed by atoms with van der Waals surface area (Å²) in [6, 6.07) is 10.4. The normalized spacial score (nSPS) is 10.8. The quantitative estimate of drug-likeness (QED) is 0.455. The van der Waals surface area contributed by atoms with E-state index >= 15 is 0 Å². The number of rotatable bonds is 6. The first kappa shape index (κ1) is 21.8. The molecular weight excluding hydrogens is 432 g/mol. The third-order valence-corrected chi connectivity index (χ3v) is 4.99. The topological polar surface area (TPSA) is 90.3 Å². The number of benzene rings is 2. The predicted octanol–water partition coefficient (Wildman–Crippen LogP) is 3.55. The van der Waals surface area contributed by atoms with Crippen LogP contribution < -0.4 is 15.5 Å². The van der Waals surface area contributed by atoms with Crippen LogP contribution in [0.3, 0.4) is 0 Å². The van der Waals surface area contributed by atoms with Gasteiger partial charge in [-0.1, -0.05) is 0 Å². The number of nitrogens with zero attached hydrogens (tertiary/aromatic N) is 2. The number of fused-ring (bicyclic) bond motifs is 1. The largest absolute Gasteiger partial charge is 0.497 e. The van der Waals surface area contributed by atoms with E-state index in [4.69, 9.17) is 4.74 Å². The van der Waals surface area contributed by atoms with Crippen LogP contribution in [0.25, 0.3) is 10.9 Å². The minimum atomic E-state index is -0.925. The van der Waals surface area contributed by atoms with Gasteiger partial charge in [0.15, 0.2) is 5.78 Å². The van der Waals surface area contributed by atoms with Crippen LogP contribution in [0.4, 0.5) is 14.5 Å². The maximum Gasteiger partial charge on any atom is 0.244 e. The van der Waals surface area contributed by atoms with Gasteiger partial charge in [-0.05, 0) is 42.5 Å². The van der Waals surface area contributed by atoms with Gasteiger partial charge in [-0.2, -0.15) is 0 Å². The zero-order valence-corrected chi connectivity index (χ0v) is 17.3. The number of amides is 1. The van der Waals surface area contributed by atoms with Crippen LogP contribution in [0.1, 0.15) is 15.9 Å². The highest BCUT2D eigenvalue weighted by Gasteiger charge is 2.19. The average molecular weight is 449 g/mol. The molecule has 9 heteroatoms. The Morgan fingerprint density at radius 1 is 1.06 bits per heavy atom. The fraction of sp³-hybridized carbons (Fsp3) is 0.0833. The number of halogens is 2. The van der Waals surface area contributed by atoms with Gasteiger partial charge in [0.1, 0.15) is 23.9 Å². The fourth-order valence-electron chi connectivity index (χ4n) is 3.39. The Kier molecular flexibility index (Phi) is 5.95. The van der Waals surface area contributed by atoms with E-state index in [1.165, 1.54) is 48.5 Å². The number of anilines is 1. The number of hydrogen-bond acceptors (Lipinski definition) is 5. The maximum absolute atomic E-state index is 13.9. The molecule has 2 heterocycles. The zero-order valence-electron chi connectivity index (χ0n) is 17.3. The SMILES string of the molecule is COc1ccc2c(c1)c(=O)c(C(=O)c1ccncc1)cn2CC(=O)Nc1ccc(F)cc1F. The molecule has 1 N–H and O–H groups in total. The standard InChI is InChI=1S/C24H17F2N3O4/c1-33-16-3-5-21-17(11-16)24(32)18(23(31)14-6-8-27-9-7-14)12-29(21)13-22(30)28-20-4-2-15(25)10-19(20)26/h2-12H,13H2,1H3,(H,28,30). The van der Waals surface area contributed by atoms with Gasteiger partial charge in [-0.25, -0.2) is 8.78 Å². The Balaban J connectivity index is 1.78. The first-order valence-electron chi connectivity index (χ1n) is 9.78. The fourth-order valence-corrected chi connectivity index (χ4v) is 3.39. The number of nitrogens with one attached hydrogen (secondary N) is 1. The van der Waals surface area contributed by atoms with Crippen molar-refractivity contribution in [3.63, 3.8) is 0 Å². The molecule has 0 unspecified atom stereocenters. The number of ketones is 1. The van der Waals surface area contributed by atoms with E-state index < -0.39 is 28.8 Å². The van der Waals surface area contributed by atoms with E-state index in [1.807, 2.05) is 0 Å². The molecule has 2 aromatic heterocycles. The number of aromatic nitrogens is 2. The third-order valence-electron chi connectivity index (χ3n) is 4.99. The highest BCUT2D eigenvalue weighted by atomic mass is 19.1. The molecule has 0 bridgehead atoms. The van der Waals surface area contributed by atoms with E-state index in [1.54, 1.807) is 12.1 Å². The molecule has 0 fully saturated rings. The van der Waals surface area contributed by atoms with Crippen molar-refractivity contribution < 1.29 is 23.1 Å². The Morgan fingerprint density at radius 2 is 1.82 bits per heavy atom. The van der Waals surface area contributed by atoms with Crippen LogP contribution in [0.5, 0.6) is 5.75 Å². The number of hydrogen-bond donors (Lipinski definition) is 1. The van der Waals surface area contributed by atoms with E-state index in [0.29, 0.717) is 17.3 Å². The number of carbonyl (C=O) groups is 2. The molecule has 7 nitrogen and oxygen atoms in total. The molecule has 4 aromatic rings. The van der Waals surface area contributed by atoms with Crippen LogP contribution in [-0.2, 0) is 11.3 Å². The molecule has 4 rings (SSSR count). The first-order valence-corrected chi connectivity index (χ1v) is 9.78. The van der Waals surface area contributed by atoms with Crippen LogP contribution in [0.15, 0.2) is 71.9 Å². The second kappa shape index (κ2) is 8.99. The summed E-state index contributed by atoms with van der Waals surface area (Å²) in [5.74, 6) is -2.47. The lowest BCUT2D eigenvalue weighted by molar-refractivity contribution is -0.116. The van der Waals surface area contributed by atoms with Crippen LogP contribution in [-0.4, -0.2) is 28.4 Å². The van der Waals surface area contributed by atoms with E-state index in [2.05, 4.69) is 10.3 Å². The van der Waals surface area contributed by atoms with Crippen molar-refractivity contribution in [2.75, 3.05) is 12.4 Å².